The van der Waals surface area contributed by atoms with Crippen molar-refractivity contribution in [2.75, 3.05) is 20.3 Å². The van der Waals surface area contributed by atoms with Crippen molar-refractivity contribution in [2.45, 2.75) is 55.4 Å². The minimum absolute atomic E-state index is 0.176. The molecule has 1 spiro atoms. The van der Waals surface area contributed by atoms with E-state index < -0.39 is 67.2 Å². The van der Waals surface area contributed by atoms with Crippen molar-refractivity contribution >= 4 is 11.9 Å². The minimum Gasteiger partial charge on any atom is -0.467 e. The monoisotopic (exact) mass is 349 g/mol. The van der Waals surface area contributed by atoms with Crippen LogP contribution in [0.3, 0.4) is 0 Å². The molecular weight excluding hydrogens is 326 g/mol. The van der Waals surface area contributed by atoms with Crippen LogP contribution in [0.2, 0.25) is 0 Å². The van der Waals surface area contributed by atoms with E-state index in [9.17, 15) is 35.1 Å². The van der Waals surface area contributed by atoms with Gasteiger partial charge in [0.25, 0.3) is 0 Å². The summed E-state index contributed by atoms with van der Waals surface area (Å²) in [5.41, 5.74) is -1.82. The third-order valence-corrected chi connectivity index (χ3v) is 4.79. The van der Waals surface area contributed by atoms with Gasteiger partial charge in [0.15, 0.2) is 6.04 Å². The Morgan fingerprint density at radius 1 is 1.21 bits per heavy atom. The lowest BCUT2D eigenvalue weighted by molar-refractivity contribution is -0.279. The van der Waals surface area contributed by atoms with Crippen molar-refractivity contribution in [3.05, 3.63) is 0 Å². The summed E-state index contributed by atoms with van der Waals surface area (Å²) in [6.45, 7) is -0.000569. The molecule has 2 heterocycles. The summed E-state index contributed by atoms with van der Waals surface area (Å²) in [4.78, 5) is 25.3. The molecule has 0 radical (unpaired) electrons. The molecule has 0 unspecified atom stereocenters. The summed E-state index contributed by atoms with van der Waals surface area (Å²) >= 11 is 0. The number of aliphatic hydroxyl groups excluding tert-OH is 5. The summed E-state index contributed by atoms with van der Waals surface area (Å²) in [6.07, 6.45) is -6.48. The van der Waals surface area contributed by atoms with E-state index in [1.54, 1.807) is 0 Å². The number of carbonyl (C=O) groups excluding carboxylic acids is 2. The number of rotatable bonds is 3. The Labute approximate surface area is 138 Å². The molecule has 0 aliphatic carbocycles. The quantitative estimate of drug-likeness (QED) is 0.324. The molecule has 0 aromatic carbocycles. The van der Waals surface area contributed by atoms with Gasteiger partial charge < -0.3 is 39.9 Å². The average Bonchev–Trinajstić information content (AvgIpc) is 2.91. The molecule has 138 valence electrons. The minimum atomic E-state index is -1.82. The number of ether oxygens (including phenoxy) is 2. The Morgan fingerprint density at radius 3 is 2.29 bits per heavy atom. The number of hydrogen-bond acceptors (Lipinski definition) is 9. The van der Waals surface area contributed by atoms with E-state index in [0.717, 1.165) is 12.0 Å². The van der Waals surface area contributed by atoms with Crippen LogP contribution in [-0.2, 0) is 19.1 Å². The zero-order chi connectivity index (χ0) is 18.2. The van der Waals surface area contributed by atoms with Crippen LogP contribution in [0.15, 0.2) is 0 Å². The van der Waals surface area contributed by atoms with Gasteiger partial charge in [-0.2, -0.15) is 0 Å². The second-order valence-electron chi connectivity index (χ2n) is 6.11. The molecule has 0 aromatic rings. The van der Waals surface area contributed by atoms with Gasteiger partial charge in [0.2, 0.25) is 5.91 Å². The summed E-state index contributed by atoms with van der Waals surface area (Å²) < 4.78 is 10.3. The number of esters is 1. The van der Waals surface area contributed by atoms with Gasteiger partial charge in [-0.3, -0.25) is 4.79 Å². The van der Waals surface area contributed by atoms with Gasteiger partial charge in [-0.15, -0.1) is 0 Å². The van der Waals surface area contributed by atoms with Gasteiger partial charge in [0.1, 0.15) is 30.0 Å². The van der Waals surface area contributed by atoms with Gasteiger partial charge in [-0.25, -0.2) is 4.79 Å². The Bertz CT molecular complexity index is 499. The van der Waals surface area contributed by atoms with Gasteiger partial charge in [-0.05, 0) is 0 Å². The SMILES string of the molecule is COC(=O)[C@H]1N(C(C)=O)[C@@H](CO)C[C@]12O[C@H](CO)[C@@H](O)[C@H](O)[C@H]2O. The zero-order valence-corrected chi connectivity index (χ0v) is 13.4. The molecule has 0 bridgehead atoms. The van der Waals surface area contributed by atoms with Crippen LogP contribution < -0.4 is 0 Å². The maximum Gasteiger partial charge on any atom is 0.331 e. The van der Waals surface area contributed by atoms with Crippen LogP contribution in [0.1, 0.15) is 13.3 Å². The van der Waals surface area contributed by atoms with Crippen molar-refractivity contribution in [3.63, 3.8) is 0 Å². The first kappa shape index (κ1) is 19.0. The second-order valence-corrected chi connectivity index (χ2v) is 6.11. The van der Waals surface area contributed by atoms with Crippen molar-refractivity contribution in [1.29, 1.82) is 0 Å². The van der Waals surface area contributed by atoms with E-state index in [4.69, 9.17) is 9.47 Å². The average molecular weight is 349 g/mol. The van der Waals surface area contributed by atoms with Crippen molar-refractivity contribution in [3.8, 4) is 0 Å². The Kier molecular flexibility index (Phi) is 5.47. The van der Waals surface area contributed by atoms with E-state index >= 15 is 0 Å². The van der Waals surface area contributed by atoms with Crippen molar-refractivity contribution in [2.24, 2.45) is 0 Å². The van der Waals surface area contributed by atoms with Crippen LogP contribution in [0.5, 0.6) is 0 Å². The lowest BCUT2D eigenvalue weighted by Gasteiger charge is -2.48. The number of methoxy groups -OCH3 is 1. The van der Waals surface area contributed by atoms with Gasteiger partial charge in [0, 0.05) is 13.3 Å². The molecule has 1 amide bonds. The van der Waals surface area contributed by atoms with Crippen LogP contribution >= 0.6 is 0 Å². The van der Waals surface area contributed by atoms with E-state index in [-0.39, 0.29) is 6.42 Å². The first-order valence-corrected chi connectivity index (χ1v) is 7.55. The second kappa shape index (κ2) is 6.90. The predicted molar refractivity (Wildman–Crippen MR) is 76.5 cm³/mol. The summed E-state index contributed by atoms with van der Waals surface area (Å²) in [6, 6.07) is -2.30. The lowest BCUT2D eigenvalue weighted by Crippen LogP contribution is -2.70. The van der Waals surface area contributed by atoms with E-state index in [1.165, 1.54) is 6.92 Å². The number of likely N-dealkylation sites (tertiary alicyclic amines) is 1. The highest BCUT2D eigenvalue weighted by Gasteiger charge is 2.66. The topological polar surface area (TPSA) is 157 Å². The van der Waals surface area contributed by atoms with Gasteiger partial charge in [-0.1, -0.05) is 0 Å². The van der Waals surface area contributed by atoms with E-state index in [1.807, 2.05) is 0 Å². The highest BCUT2D eigenvalue weighted by molar-refractivity contribution is 5.86. The van der Waals surface area contributed by atoms with E-state index in [0.29, 0.717) is 0 Å². The van der Waals surface area contributed by atoms with Gasteiger partial charge in [0.05, 0.1) is 26.4 Å². The predicted octanol–water partition coefficient (Wildman–Crippen LogP) is -3.65. The van der Waals surface area contributed by atoms with Crippen LogP contribution in [0, 0.1) is 0 Å². The molecule has 0 saturated carbocycles. The van der Waals surface area contributed by atoms with Crippen molar-refractivity contribution < 1.29 is 44.6 Å². The number of carbonyl (C=O) groups is 2. The number of amides is 1. The molecule has 2 fully saturated rings. The molecule has 10 nitrogen and oxygen atoms in total. The standard InChI is InChI=1S/C14H23NO9/c1-6(18)15-7(4-16)3-14(11(15)13(22)23-2)12(21)10(20)9(19)8(5-17)24-14/h7-12,16-17,19-21H,3-5H2,1-2H3/t7-,8-,9-,10+,11-,12-,14+/m1/s1. The Hall–Kier alpha value is -1.30. The molecule has 0 aromatic heterocycles. The van der Waals surface area contributed by atoms with E-state index in [2.05, 4.69) is 0 Å². The molecule has 2 saturated heterocycles. The normalized spacial score (nSPS) is 42.4. The van der Waals surface area contributed by atoms with Crippen LogP contribution in [0.25, 0.3) is 0 Å². The molecule has 24 heavy (non-hydrogen) atoms. The fourth-order valence-corrected chi connectivity index (χ4v) is 3.70. The highest BCUT2D eigenvalue weighted by atomic mass is 16.6. The zero-order valence-electron chi connectivity index (χ0n) is 13.4. The highest BCUT2D eigenvalue weighted by Crippen LogP contribution is 2.45. The third kappa shape index (κ3) is 2.68. The Morgan fingerprint density at radius 2 is 1.83 bits per heavy atom. The van der Waals surface area contributed by atoms with Crippen LogP contribution in [-0.4, -0.2) is 105 Å². The number of aliphatic hydroxyl groups is 5. The largest absolute Gasteiger partial charge is 0.467 e. The fourth-order valence-electron chi connectivity index (χ4n) is 3.70. The summed E-state index contributed by atoms with van der Waals surface area (Å²) in [5, 5.41) is 49.4. The summed E-state index contributed by atoms with van der Waals surface area (Å²) in [5.74, 6) is -1.46. The van der Waals surface area contributed by atoms with Crippen molar-refractivity contribution in [1.82, 2.24) is 4.90 Å². The smallest absolute Gasteiger partial charge is 0.331 e. The molecule has 2 aliphatic rings. The third-order valence-electron chi connectivity index (χ3n) is 4.79. The van der Waals surface area contributed by atoms with Crippen LogP contribution in [0.4, 0.5) is 0 Å². The lowest BCUT2D eigenvalue weighted by atomic mass is 9.79. The maximum atomic E-state index is 12.3. The number of nitrogens with zero attached hydrogens (tertiary/aromatic N) is 1. The Balaban J connectivity index is 2.54. The molecule has 10 heteroatoms. The number of hydrogen-bond donors (Lipinski definition) is 5. The molecule has 2 rings (SSSR count). The molecule has 7 atom stereocenters. The maximum absolute atomic E-state index is 12.3. The summed E-state index contributed by atoms with van der Waals surface area (Å²) in [7, 11) is 1.09. The first-order chi connectivity index (χ1) is 11.2. The molecule has 2 aliphatic heterocycles. The fraction of sp³-hybridized carbons (Fsp3) is 0.857. The molecule has 5 N–H and O–H groups in total. The first-order valence-electron chi connectivity index (χ1n) is 7.55. The van der Waals surface area contributed by atoms with Gasteiger partial charge >= 0.3 is 5.97 Å². The molecular formula is C14H23NO9.